The molecule has 0 spiro atoms. The maximum atomic E-state index is 12.6. The van der Waals surface area contributed by atoms with Crippen molar-refractivity contribution in [3.63, 3.8) is 0 Å². The maximum Gasteiger partial charge on any atom is 0.268 e. The molecule has 24 heavy (non-hydrogen) atoms. The summed E-state index contributed by atoms with van der Waals surface area (Å²) >= 11 is 0. The van der Waals surface area contributed by atoms with E-state index in [2.05, 4.69) is 5.10 Å². The van der Waals surface area contributed by atoms with Gasteiger partial charge in [0.2, 0.25) is 0 Å². The molecule has 1 aliphatic rings. The van der Waals surface area contributed by atoms with Crippen molar-refractivity contribution < 1.29 is 19.1 Å². The number of hydrogen-bond acceptors (Lipinski definition) is 5. The lowest BCUT2D eigenvalue weighted by molar-refractivity contribution is -0.122. The Morgan fingerprint density at radius 2 is 2.12 bits per heavy atom. The summed E-state index contributed by atoms with van der Waals surface area (Å²) in [6, 6.07) is 4.95. The second-order valence-electron chi connectivity index (χ2n) is 5.68. The van der Waals surface area contributed by atoms with Crippen LogP contribution in [0.4, 0.5) is 5.69 Å². The van der Waals surface area contributed by atoms with Gasteiger partial charge in [0.15, 0.2) is 23.4 Å². The minimum absolute atomic E-state index is 0.0560. The van der Waals surface area contributed by atoms with Gasteiger partial charge >= 0.3 is 0 Å². The first-order chi connectivity index (χ1) is 11.5. The zero-order valence-corrected chi connectivity index (χ0v) is 13.9. The average molecular weight is 329 g/mol. The fraction of sp³-hybridized carbons (Fsp3) is 0.353. The van der Waals surface area contributed by atoms with Gasteiger partial charge in [0, 0.05) is 31.8 Å². The lowest BCUT2D eigenvalue weighted by Crippen LogP contribution is -2.32. The standard InChI is InChI=1S/C17H19N3O4/c1-11(21)12-4-5-14(16(8-12)23-3)24-15-6-7-20(17(15)22)13-9-18-19(2)10-13/h4-5,8-10,15H,6-7H2,1-3H3/t15-/m0/s1. The van der Waals surface area contributed by atoms with Crippen molar-refractivity contribution in [1.29, 1.82) is 0 Å². The van der Waals surface area contributed by atoms with E-state index in [0.717, 1.165) is 5.69 Å². The number of ether oxygens (including phenoxy) is 2. The monoisotopic (exact) mass is 329 g/mol. The minimum Gasteiger partial charge on any atom is -0.493 e. The predicted octanol–water partition coefficient (Wildman–Crippen LogP) is 1.82. The molecule has 2 aromatic rings. The van der Waals surface area contributed by atoms with Gasteiger partial charge in [0.1, 0.15) is 0 Å². The van der Waals surface area contributed by atoms with Crippen molar-refractivity contribution in [2.75, 3.05) is 18.6 Å². The van der Waals surface area contributed by atoms with Gasteiger partial charge in [0.25, 0.3) is 5.91 Å². The summed E-state index contributed by atoms with van der Waals surface area (Å²) in [5.74, 6) is 0.726. The number of nitrogens with zero attached hydrogens (tertiary/aromatic N) is 3. The summed E-state index contributed by atoms with van der Waals surface area (Å²) < 4.78 is 12.8. The van der Waals surface area contributed by atoms with Crippen LogP contribution in [-0.2, 0) is 11.8 Å². The van der Waals surface area contributed by atoms with E-state index in [-0.39, 0.29) is 11.7 Å². The molecule has 0 unspecified atom stereocenters. The predicted molar refractivity (Wildman–Crippen MR) is 87.6 cm³/mol. The van der Waals surface area contributed by atoms with Gasteiger partial charge in [-0.2, -0.15) is 5.10 Å². The highest BCUT2D eigenvalue weighted by Crippen LogP contribution is 2.31. The molecule has 1 aromatic heterocycles. The molecule has 3 rings (SSSR count). The van der Waals surface area contributed by atoms with Crippen molar-refractivity contribution in [3.05, 3.63) is 36.2 Å². The summed E-state index contributed by atoms with van der Waals surface area (Å²) in [7, 11) is 3.31. The third kappa shape index (κ3) is 2.97. The Labute approximate surface area is 139 Å². The van der Waals surface area contributed by atoms with Crippen LogP contribution in [0.2, 0.25) is 0 Å². The molecule has 0 radical (unpaired) electrons. The van der Waals surface area contributed by atoms with Gasteiger partial charge < -0.3 is 14.4 Å². The van der Waals surface area contributed by atoms with Gasteiger partial charge in [-0.25, -0.2) is 0 Å². The average Bonchev–Trinajstić information content (AvgIpc) is 3.14. The number of anilines is 1. The van der Waals surface area contributed by atoms with Gasteiger partial charge in [-0.05, 0) is 25.1 Å². The van der Waals surface area contributed by atoms with Gasteiger partial charge in [-0.3, -0.25) is 14.3 Å². The first-order valence-electron chi connectivity index (χ1n) is 7.65. The molecular weight excluding hydrogens is 310 g/mol. The number of hydrogen-bond donors (Lipinski definition) is 0. The molecule has 0 aliphatic carbocycles. The van der Waals surface area contributed by atoms with Gasteiger partial charge in [-0.15, -0.1) is 0 Å². The Kier molecular flexibility index (Phi) is 4.24. The Balaban J connectivity index is 1.77. The summed E-state index contributed by atoms with van der Waals surface area (Å²) in [5, 5.41) is 4.09. The smallest absolute Gasteiger partial charge is 0.268 e. The fourth-order valence-electron chi connectivity index (χ4n) is 2.70. The molecule has 0 saturated carbocycles. The van der Waals surface area contributed by atoms with Crippen molar-refractivity contribution in [3.8, 4) is 11.5 Å². The molecule has 1 fully saturated rings. The van der Waals surface area contributed by atoms with Crippen molar-refractivity contribution in [1.82, 2.24) is 9.78 Å². The number of Topliss-reactive ketones (excluding diaryl/α,β-unsaturated/α-hetero) is 1. The lowest BCUT2D eigenvalue weighted by atomic mass is 10.1. The Bertz CT molecular complexity index is 784. The van der Waals surface area contributed by atoms with Gasteiger partial charge in [0.05, 0.1) is 19.0 Å². The third-order valence-corrected chi connectivity index (χ3v) is 4.00. The second kappa shape index (κ2) is 6.35. The molecule has 0 bridgehead atoms. The number of benzene rings is 1. The van der Waals surface area contributed by atoms with Gasteiger partial charge in [-0.1, -0.05) is 0 Å². The molecule has 1 atom stereocenters. The highest BCUT2D eigenvalue weighted by atomic mass is 16.5. The molecular formula is C17H19N3O4. The van der Waals surface area contributed by atoms with E-state index in [9.17, 15) is 9.59 Å². The molecule has 126 valence electrons. The Hall–Kier alpha value is -2.83. The van der Waals surface area contributed by atoms with Crippen molar-refractivity contribution >= 4 is 17.4 Å². The maximum absolute atomic E-state index is 12.6. The highest BCUT2D eigenvalue weighted by Gasteiger charge is 2.35. The van der Waals surface area contributed by atoms with Crippen LogP contribution < -0.4 is 14.4 Å². The quantitative estimate of drug-likeness (QED) is 0.782. The van der Waals surface area contributed by atoms with Crippen molar-refractivity contribution in [2.24, 2.45) is 7.05 Å². The molecule has 7 heteroatoms. The Morgan fingerprint density at radius 1 is 1.33 bits per heavy atom. The Morgan fingerprint density at radius 3 is 2.75 bits per heavy atom. The minimum atomic E-state index is -0.581. The summed E-state index contributed by atoms with van der Waals surface area (Å²) in [6.45, 7) is 2.06. The van der Waals surface area contributed by atoms with Crippen molar-refractivity contribution in [2.45, 2.75) is 19.4 Å². The third-order valence-electron chi connectivity index (χ3n) is 4.00. The molecule has 1 aromatic carbocycles. The molecule has 7 nitrogen and oxygen atoms in total. The first-order valence-corrected chi connectivity index (χ1v) is 7.65. The molecule has 1 saturated heterocycles. The molecule has 0 N–H and O–H groups in total. The van der Waals surface area contributed by atoms with Crippen LogP contribution >= 0.6 is 0 Å². The molecule has 1 amide bonds. The number of carbonyl (C=O) groups is 2. The van der Waals surface area contributed by atoms with E-state index < -0.39 is 6.10 Å². The fourth-order valence-corrected chi connectivity index (χ4v) is 2.70. The van der Waals surface area contributed by atoms with Crippen LogP contribution in [0.1, 0.15) is 23.7 Å². The summed E-state index contributed by atoms with van der Waals surface area (Å²) in [4.78, 5) is 25.7. The number of rotatable bonds is 5. The van der Waals surface area contributed by atoms with Crippen LogP contribution in [0, 0.1) is 0 Å². The zero-order chi connectivity index (χ0) is 17.3. The largest absolute Gasteiger partial charge is 0.493 e. The first kappa shape index (κ1) is 16.0. The number of aromatic nitrogens is 2. The van der Waals surface area contributed by atoms with Crippen LogP contribution in [0.3, 0.4) is 0 Å². The number of ketones is 1. The molecule has 2 heterocycles. The number of aryl methyl sites for hydroxylation is 1. The van der Waals surface area contributed by atoms with E-state index in [1.165, 1.54) is 14.0 Å². The zero-order valence-electron chi connectivity index (χ0n) is 13.9. The van der Waals surface area contributed by atoms with E-state index in [1.807, 2.05) is 0 Å². The number of amides is 1. The van der Waals surface area contributed by atoms with E-state index in [0.29, 0.717) is 30.0 Å². The van der Waals surface area contributed by atoms with Crippen LogP contribution in [0.5, 0.6) is 11.5 Å². The molecule has 1 aliphatic heterocycles. The van der Waals surface area contributed by atoms with Crippen LogP contribution in [0.25, 0.3) is 0 Å². The SMILES string of the molecule is COc1cc(C(C)=O)ccc1O[C@H]1CCN(c2cnn(C)c2)C1=O. The van der Waals surface area contributed by atoms with E-state index in [1.54, 1.807) is 47.2 Å². The van der Waals surface area contributed by atoms with Crippen LogP contribution in [-0.4, -0.2) is 41.2 Å². The summed E-state index contributed by atoms with van der Waals surface area (Å²) in [5.41, 5.74) is 1.29. The summed E-state index contributed by atoms with van der Waals surface area (Å²) in [6.07, 6.45) is 3.44. The van der Waals surface area contributed by atoms with Crippen LogP contribution in [0.15, 0.2) is 30.6 Å². The lowest BCUT2D eigenvalue weighted by Gasteiger charge is -2.17. The van der Waals surface area contributed by atoms with E-state index >= 15 is 0 Å². The normalized spacial score (nSPS) is 17.2. The topological polar surface area (TPSA) is 73.7 Å². The number of carbonyl (C=O) groups excluding carboxylic acids is 2. The second-order valence-corrected chi connectivity index (χ2v) is 5.68. The van der Waals surface area contributed by atoms with E-state index in [4.69, 9.17) is 9.47 Å². The highest BCUT2D eigenvalue weighted by molar-refractivity contribution is 5.99. The number of methoxy groups -OCH3 is 1.